The van der Waals surface area contributed by atoms with E-state index in [1.165, 1.54) is 24.4 Å². The minimum absolute atomic E-state index is 0.0285. The molecule has 2 aromatic heterocycles. The molecular formula is C36H33F3N4O4S. The maximum Gasteiger partial charge on any atom is 0.204 e. The van der Waals surface area contributed by atoms with Gasteiger partial charge in [0.25, 0.3) is 0 Å². The molecule has 6 heterocycles. The minimum Gasteiger partial charge on any atom is -0.493 e. The summed E-state index contributed by atoms with van der Waals surface area (Å²) < 4.78 is 85.2. The molecule has 12 heteroatoms. The maximum atomic E-state index is 16.2. The Morgan fingerprint density at radius 3 is 2.65 bits per heavy atom. The van der Waals surface area contributed by atoms with Crippen LogP contribution < -0.4 is 9.47 Å². The fraction of sp³-hybridized carbons (Fsp3) is 0.306. The molecule has 1 atom stereocenters. The van der Waals surface area contributed by atoms with Gasteiger partial charge in [-0.2, -0.15) is 4.39 Å². The highest BCUT2D eigenvalue weighted by atomic mass is 32.2. The molecule has 5 aromatic rings. The summed E-state index contributed by atoms with van der Waals surface area (Å²) in [4.78, 5) is 12.2. The largest absolute Gasteiger partial charge is 0.493 e. The molecule has 2 N–H and O–H groups in total. The van der Waals surface area contributed by atoms with Crippen molar-refractivity contribution >= 4 is 26.8 Å². The summed E-state index contributed by atoms with van der Waals surface area (Å²) in [5, 5.41) is -0.0494. The first-order chi connectivity index (χ1) is 23.0. The average Bonchev–Trinajstić information content (AvgIpc) is 3.76. The Kier molecular flexibility index (Phi) is 7.22. The van der Waals surface area contributed by atoms with Crippen LogP contribution >= 0.6 is 0 Å². The van der Waals surface area contributed by atoms with Gasteiger partial charge in [-0.15, -0.1) is 0 Å². The number of fused-ring (bicyclic) bond motifs is 5. The molecule has 0 saturated carbocycles. The summed E-state index contributed by atoms with van der Waals surface area (Å²) >= 11 is 0. The second-order valence-corrected chi connectivity index (χ2v) is 15.1. The lowest BCUT2D eigenvalue weighted by Gasteiger charge is -2.41. The van der Waals surface area contributed by atoms with E-state index in [9.17, 15) is 8.42 Å². The third kappa shape index (κ3) is 5.00. The Bertz CT molecular complexity index is 2240. The number of piperidine rings is 3. The van der Waals surface area contributed by atoms with Gasteiger partial charge in [-0.1, -0.05) is 29.8 Å². The zero-order valence-electron chi connectivity index (χ0n) is 26.4. The van der Waals surface area contributed by atoms with Crippen molar-refractivity contribution in [1.82, 2.24) is 19.9 Å². The average molecular weight is 675 g/mol. The fourth-order valence-electron chi connectivity index (χ4n) is 7.47. The number of aromatic nitrogens is 3. The normalized spacial score (nSPS) is 23.0. The molecule has 3 aromatic carbocycles. The number of rotatable bonds is 6. The smallest absolute Gasteiger partial charge is 0.204 e. The lowest BCUT2D eigenvalue weighted by atomic mass is 9.75. The summed E-state index contributed by atoms with van der Waals surface area (Å²) in [5.74, 6) is -2.90. The van der Waals surface area contributed by atoms with Crippen molar-refractivity contribution in [3.05, 3.63) is 94.7 Å². The second kappa shape index (κ2) is 11.3. The van der Waals surface area contributed by atoms with Crippen molar-refractivity contribution in [3.63, 3.8) is 0 Å². The van der Waals surface area contributed by atoms with Crippen LogP contribution in [0.4, 0.5) is 13.2 Å². The Hall–Kier alpha value is -4.55. The van der Waals surface area contributed by atoms with E-state index in [0.717, 1.165) is 54.8 Å². The third-order valence-corrected chi connectivity index (χ3v) is 11.3. The monoisotopic (exact) mass is 674 g/mol. The molecule has 8 nitrogen and oxygen atoms in total. The molecule has 248 valence electrons. The molecule has 0 radical (unpaired) electrons. The Morgan fingerprint density at radius 1 is 1.10 bits per heavy atom. The van der Waals surface area contributed by atoms with Gasteiger partial charge in [0.2, 0.25) is 5.82 Å². The molecule has 4 aliphatic heterocycles. The van der Waals surface area contributed by atoms with Crippen molar-refractivity contribution in [2.24, 2.45) is 5.92 Å². The van der Waals surface area contributed by atoms with Gasteiger partial charge in [0.15, 0.2) is 21.4 Å². The second-order valence-electron chi connectivity index (χ2n) is 13.1. The number of aromatic amines is 2. The fourth-order valence-corrected chi connectivity index (χ4v) is 8.51. The van der Waals surface area contributed by atoms with Crippen LogP contribution in [0.15, 0.2) is 65.3 Å². The number of hydrogen-bond donors (Lipinski definition) is 2. The number of nitrogens with one attached hydrogen (secondary N) is 2. The van der Waals surface area contributed by atoms with E-state index in [2.05, 4.69) is 26.8 Å². The molecule has 0 amide bonds. The highest BCUT2D eigenvalue weighted by Gasteiger charge is 2.37. The van der Waals surface area contributed by atoms with Crippen LogP contribution in [0.2, 0.25) is 0 Å². The number of nitrogens with zero attached hydrogens (tertiary/aromatic N) is 2. The molecule has 4 aliphatic rings. The van der Waals surface area contributed by atoms with E-state index >= 15 is 13.2 Å². The number of hydrogen-bond acceptors (Lipinski definition) is 6. The number of para-hydroxylation sites is 1. The molecule has 3 fully saturated rings. The van der Waals surface area contributed by atoms with Crippen molar-refractivity contribution in [3.8, 4) is 28.6 Å². The van der Waals surface area contributed by atoms with Crippen LogP contribution in [0.25, 0.3) is 28.4 Å². The lowest BCUT2D eigenvalue weighted by Crippen LogP contribution is -2.42. The van der Waals surface area contributed by atoms with Crippen molar-refractivity contribution in [2.45, 2.75) is 36.5 Å². The molecule has 9 rings (SSSR count). The maximum absolute atomic E-state index is 16.2. The molecule has 3 saturated heterocycles. The number of ether oxygens (including phenoxy) is 2. The van der Waals surface area contributed by atoms with Crippen LogP contribution in [0.5, 0.6) is 17.2 Å². The van der Waals surface area contributed by atoms with Crippen LogP contribution in [0, 0.1) is 23.4 Å². The van der Waals surface area contributed by atoms with E-state index in [0.29, 0.717) is 25.5 Å². The molecule has 48 heavy (non-hydrogen) atoms. The van der Waals surface area contributed by atoms with Crippen LogP contribution in [0.1, 0.15) is 43.0 Å². The molecule has 0 spiro atoms. The van der Waals surface area contributed by atoms with E-state index in [4.69, 9.17) is 9.47 Å². The molecule has 1 unspecified atom stereocenters. The predicted octanol–water partition coefficient (Wildman–Crippen LogP) is 7.37. The topological polar surface area (TPSA) is 100 Å². The van der Waals surface area contributed by atoms with Gasteiger partial charge < -0.3 is 19.4 Å². The lowest BCUT2D eigenvalue weighted by molar-refractivity contribution is 0.163. The van der Waals surface area contributed by atoms with E-state index in [-0.39, 0.29) is 33.6 Å². The van der Waals surface area contributed by atoms with Crippen molar-refractivity contribution in [2.75, 3.05) is 32.5 Å². The van der Waals surface area contributed by atoms with Gasteiger partial charge in [-0.25, -0.2) is 22.2 Å². The predicted molar refractivity (Wildman–Crippen MR) is 176 cm³/mol. The van der Waals surface area contributed by atoms with E-state index in [1.54, 1.807) is 6.20 Å². The van der Waals surface area contributed by atoms with Crippen LogP contribution in [-0.4, -0.2) is 60.8 Å². The number of imidazole rings is 1. The SMILES string of the molecule is CC1(c2cnc(-c3cc(Oc4c(F)c(F)c5[nH]ccc5c4S(C)(=O)=O)c(/C=C4/CN5CCC4CC5)cc3F)[nH]2)CCOc2ccccc21. The van der Waals surface area contributed by atoms with Gasteiger partial charge in [-0.05, 0) is 69.5 Å². The Morgan fingerprint density at radius 2 is 1.90 bits per heavy atom. The van der Waals surface area contributed by atoms with Crippen molar-refractivity contribution in [1.29, 1.82) is 0 Å². The van der Waals surface area contributed by atoms with Gasteiger partial charge in [0.1, 0.15) is 28.0 Å². The van der Waals surface area contributed by atoms with Gasteiger partial charge in [-0.3, -0.25) is 4.90 Å². The summed E-state index contributed by atoms with van der Waals surface area (Å²) in [6.45, 7) is 5.22. The van der Waals surface area contributed by atoms with E-state index in [1.807, 2.05) is 30.3 Å². The number of H-pyrrole nitrogens is 2. The number of sulfone groups is 1. The molecule has 2 bridgehead atoms. The summed E-state index contributed by atoms with van der Waals surface area (Å²) in [6, 6.07) is 11.8. The Balaban J connectivity index is 1.28. The number of halogens is 3. The Labute approximate surface area is 275 Å². The number of benzene rings is 3. The third-order valence-electron chi connectivity index (χ3n) is 10.1. The zero-order chi connectivity index (χ0) is 33.4. The van der Waals surface area contributed by atoms with Crippen LogP contribution in [0.3, 0.4) is 0 Å². The van der Waals surface area contributed by atoms with Crippen molar-refractivity contribution < 1.29 is 31.1 Å². The quantitative estimate of drug-likeness (QED) is 0.183. The van der Waals surface area contributed by atoms with Gasteiger partial charge >= 0.3 is 0 Å². The highest BCUT2D eigenvalue weighted by Crippen LogP contribution is 2.45. The minimum atomic E-state index is -4.12. The summed E-state index contributed by atoms with van der Waals surface area (Å²) in [6.07, 6.45) is 8.32. The molecule has 0 aliphatic carbocycles. The first-order valence-electron chi connectivity index (χ1n) is 15.9. The standard InChI is InChI=1S/C36H33F3N4O4S/c1-36(10-14-46-27-6-4-3-5-25(27)36)29-18-41-35(42-29)24-17-28(21(16-26(24)37)15-22-19-43-12-8-20(22)9-13-43)47-33-31(39)30(38)32-23(7-11-40-32)34(33)48(2,44)45/h3-7,11,15-18,20,40H,8-10,12-14,19H2,1-2H3,(H,41,42)/b22-15-. The van der Waals surface area contributed by atoms with E-state index < -0.39 is 43.3 Å². The van der Waals surface area contributed by atoms with Gasteiger partial charge in [0, 0.05) is 52.8 Å². The first-order valence-corrected chi connectivity index (χ1v) is 17.8. The van der Waals surface area contributed by atoms with Gasteiger partial charge in [0.05, 0.1) is 17.7 Å². The first kappa shape index (κ1) is 30.8. The highest BCUT2D eigenvalue weighted by molar-refractivity contribution is 7.91. The summed E-state index contributed by atoms with van der Waals surface area (Å²) in [5.41, 5.74) is 2.33. The molecular weight excluding hydrogens is 641 g/mol. The van der Waals surface area contributed by atoms with Crippen LogP contribution in [-0.2, 0) is 15.3 Å². The summed E-state index contributed by atoms with van der Waals surface area (Å²) in [7, 11) is -4.12. The zero-order valence-corrected chi connectivity index (χ0v) is 27.2.